The van der Waals surface area contributed by atoms with Gasteiger partial charge in [-0.3, -0.25) is 4.79 Å². The standard InChI is InChI=1S/C21H25FN6O4S/c1-21(2)27-19(23)26-20(24)28(21)12-3-13-32-16-8-6-15(7-9-16)25-18(29)14-4-10-17(11-5-14)33(22,30)31/h4-11H,3,12-13H2,1-2H3,(H,25,29)(H4,23,24,26,27). The van der Waals surface area contributed by atoms with Gasteiger partial charge in [0.2, 0.25) is 11.9 Å². The number of aliphatic imine (C=N–C) groups is 2. The molecule has 1 heterocycles. The molecule has 1 amide bonds. The van der Waals surface area contributed by atoms with Crippen LogP contribution in [0.25, 0.3) is 0 Å². The van der Waals surface area contributed by atoms with Crippen LogP contribution < -0.4 is 21.5 Å². The van der Waals surface area contributed by atoms with Crippen molar-refractivity contribution in [2.24, 2.45) is 21.5 Å². The quantitative estimate of drug-likeness (QED) is 0.389. The summed E-state index contributed by atoms with van der Waals surface area (Å²) in [5, 5.41) is 2.68. The molecule has 0 aromatic heterocycles. The van der Waals surface area contributed by atoms with Crippen LogP contribution in [-0.4, -0.2) is 50.0 Å². The number of benzene rings is 2. The van der Waals surface area contributed by atoms with Crippen molar-refractivity contribution in [1.82, 2.24) is 4.90 Å². The number of guanidine groups is 2. The van der Waals surface area contributed by atoms with E-state index in [0.717, 1.165) is 12.1 Å². The fourth-order valence-corrected chi connectivity index (χ4v) is 3.69. The normalized spacial score (nSPS) is 15.4. The smallest absolute Gasteiger partial charge is 0.332 e. The van der Waals surface area contributed by atoms with Gasteiger partial charge in [-0.05, 0) is 68.8 Å². The number of nitrogens with two attached hydrogens (primary N) is 2. The van der Waals surface area contributed by atoms with Gasteiger partial charge in [0, 0.05) is 17.8 Å². The fraction of sp³-hybridized carbons (Fsp3) is 0.286. The lowest BCUT2D eigenvalue weighted by molar-refractivity contribution is 0.102. The molecule has 0 saturated heterocycles. The maximum absolute atomic E-state index is 12.9. The van der Waals surface area contributed by atoms with E-state index in [4.69, 9.17) is 16.2 Å². The Hall–Kier alpha value is -3.67. The van der Waals surface area contributed by atoms with Crippen molar-refractivity contribution in [3.63, 3.8) is 0 Å². The first-order chi connectivity index (χ1) is 15.5. The van der Waals surface area contributed by atoms with Gasteiger partial charge in [-0.25, -0.2) is 4.99 Å². The highest BCUT2D eigenvalue weighted by atomic mass is 32.3. The highest BCUT2D eigenvalue weighted by molar-refractivity contribution is 7.86. The number of nitrogens with zero attached hydrogens (tertiary/aromatic N) is 3. The maximum atomic E-state index is 12.9. The van der Waals surface area contributed by atoms with E-state index in [0.29, 0.717) is 37.0 Å². The predicted octanol–water partition coefficient (Wildman–Crippen LogP) is 2.05. The number of rotatable bonds is 8. The number of anilines is 1. The summed E-state index contributed by atoms with van der Waals surface area (Å²) in [5.74, 6) is 0.626. The zero-order valence-electron chi connectivity index (χ0n) is 18.2. The van der Waals surface area contributed by atoms with Crippen LogP contribution in [0.2, 0.25) is 0 Å². The Labute approximate surface area is 191 Å². The number of hydrogen-bond donors (Lipinski definition) is 3. The molecule has 1 aliphatic heterocycles. The van der Waals surface area contributed by atoms with Crippen LogP contribution in [0.3, 0.4) is 0 Å². The molecule has 0 spiro atoms. The summed E-state index contributed by atoms with van der Waals surface area (Å²) >= 11 is 0. The number of carbonyl (C=O) groups excluding carboxylic acids is 1. The van der Waals surface area contributed by atoms with Crippen molar-refractivity contribution >= 4 is 33.7 Å². The molecule has 1 aliphatic rings. The number of amides is 1. The monoisotopic (exact) mass is 476 g/mol. The molecule has 0 unspecified atom stereocenters. The average molecular weight is 477 g/mol. The molecule has 2 aromatic rings. The lowest BCUT2D eigenvalue weighted by atomic mass is 10.2. The Morgan fingerprint density at radius 1 is 1.12 bits per heavy atom. The third-order valence-corrected chi connectivity index (χ3v) is 5.69. The first-order valence-electron chi connectivity index (χ1n) is 10.0. The first-order valence-corrected chi connectivity index (χ1v) is 11.4. The van der Waals surface area contributed by atoms with Crippen LogP contribution in [0, 0.1) is 0 Å². The third kappa shape index (κ3) is 6.19. The van der Waals surface area contributed by atoms with Crippen LogP contribution in [0.4, 0.5) is 9.57 Å². The predicted molar refractivity (Wildman–Crippen MR) is 123 cm³/mol. The van der Waals surface area contributed by atoms with E-state index in [1.165, 1.54) is 12.1 Å². The number of hydrogen-bond acceptors (Lipinski definition) is 9. The Morgan fingerprint density at radius 2 is 1.76 bits per heavy atom. The van der Waals surface area contributed by atoms with Gasteiger partial charge in [0.05, 0.1) is 11.5 Å². The summed E-state index contributed by atoms with van der Waals surface area (Å²) in [7, 11) is -4.81. The number of nitrogens with one attached hydrogen (secondary N) is 1. The van der Waals surface area contributed by atoms with Crippen LogP contribution in [0.5, 0.6) is 5.75 Å². The molecule has 176 valence electrons. The summed E-state index contributed by atoms with van der Waals surface area (Å²) in [6.07, 6.45) is 0.665. The van der Waals surface area contributed by atoms with Gasteiger partial charge in [0.25, 0.3) is 5.91 Å². The zero-order valence-corrected chi connectivity index (χ0v) is 19.0. The van der Waals surface area contributed by atoms with Crippen molar-refractivity contribution in [2.75, 3.05) is 18.5 Å². The molecule has 3 rings (SSSR count). The van der Waals surface area contributed by atoms with Crippen LogP contribution in [0.1, 0.15) is 30.6 Å². The second-order valence-electron chi connectivity index (χ2n) is 7.73. The minimum Gasteiger partial charge on any atom is -0.494 e. The van der Waals surface area contributed by atoms with E-state index in [-0.39, 0.29) is 11.5 Å². The molecule has 12 heteroatoms. The summed E-state index contributed by atoms with van der Waals surface area (Å²) in [6, 6.07) is 11.3. The molecule has 0 fully saturated rings. The van der Waals surface area contributed by atoms with Gasteiger partial charge in [0.1, 0.15) is 11.4 Å². The topological polar surface area (TPSA) is 152 Å². The summed E-state index contributed by atoms with van der Waals surface area (Å²) in [6.45, 7) is 4.80. The van der Waals surface area contributed by atoms with Crippen molar-refractivity contribution in [3.8, 4) is 5.75 Å². The second-order valence-corrected chi connectivity index (χ2v) is 9.08. The van der Waals surface area contributed by atoms with Crippen molar-refractivity contribution in [1.29, 1.82) is 0 Å². The van der Waals surface area contributed by atoms with E-state index < -0.39 is 26.7 Å². The maximum Gasteiger partial charge on any atom is 0.332 e. The summed E-state index contributed by atoms with van der Waals surface area (Å²) in [5.41, 5.74) is 11.7. The van der Waals surface area contributed by atoms with E-state index >= 15 is 0 Å². The Balaban J connectivity index is 1.48. The SMILES string of the molecule is CC1(C)N=C(N)N=C(N)N1CCCOc1ccc(NC(=O)c2ccc(S(=O)(=O)F)cc2)cc1. The zero-order chi connectivity index (χ0) is 24.2. The molecule has 5 N–H and O–H groups in total. The average Bonchev–Trinajstić information content (AvgIpc) is 2.72. The van der Waals surface area contributed by atoms with Gasteiger partial charge in [-0.1, -0.05) is 0 Å². The Morgan fingerprint density at radius 3 is 2.33 bits per heavy atom. The third-order valence-electron chi connectivity index (χ3n) is 4.86. The highest BCUT2D eigenvalue weighted by Gasteiger charge is 2.31. The molecular formula is C21H25FN6O4S. The lowest BCUT2D eigenvalue weighted by Crippen LogP contribution is -2.54. The Kier molecular flexibility index (Phi) is 6.86. The van der Waals surface area contributed by atoms with Crippen molar-refractivity contribution in [2.45, 2.75) is 30.8 Å². The molecule has 10 nitrogen and oxygen atoms in total. The number of ether oxygens (including phenoxy) is 1. The van der Waals surface area contributed by atoms with E-state index in [9.17, 15) is 17.1 Å². The van der Waals surface area contributed by atoms with Gasteiger partial charge in [-0.15, -0.1) is 3.89 Å². The van der Waals surface area contributed by atoms with Crippen LogP contribution in [-0.2, 0) is 10.2 Å². The number of halogens is 1. The first kappa shape index (κ1) is 24.0. The fourth-order valence-electron chi connectivity index (χ4n) is 3.23. The van der Waals surface area contributed by atoms with E-state index in [1.54, 1.807) is 24.3 Å². The highest BCUT2D eigenvalue weighted by Crippen LogP contribution is 2.21. The molecule has 0 aliphatic carbocycles. The van der Waals surface area contributed by atoms with Crippen molar-refractivity contribution in [3.05, 3.63) is 54.1 Å². The van der Waals surface area contributed by atoms with Crippen LogP contribution >= 0.6 is 0 Å². The number of carbonyl (C=O) groups is 1. The molecule has 33 heavy (non-hydrogen) atoms. The van der Waals surface area contributed by atoms with Crippen molar-refractivity contribution < 1.29 is 21.8 Å². The second kappa shape index (κ2) is 9.45. The van der Waals surface area contributed by atoms with Gasteiger partial charge in [-0.2, -0.15) is 13.4 Å². The van der Waals surface area contributed by atoms with Gasteiger partial charge >= 0.3 is 10.2 Å². The van der Waals surface area contributed by atoms with E-state index in [1.807, 2.05) is 18.7 Å². The van der Waals surface area contributed by atoms with Crippen LogP contribution in [0.15, 0.2) is 63.4 Å². The lowest BCUT2D eigenvalue weighted by Gasteiger charge is -2.38. The molecular weight excluding hydrogens is 451 g/mol. The minimum atomic E-state index is -4.81. The Bertz CT molecular complexity index is 1180. The summed E-state index contributed by atoms with van der Waals surface area (Å²) < 4.78 is 40.4. The molecule has 2 aromatic carbocycles. The largest absolute Gasteiger partial charge is 0.494 e. The molecule has 0 bridgehead atoms. The minimum absolute atomic E-state index is 0.155. The molecule has 0 atom stereocenters. The molecule has 0 saturated carbocycles. The van der Waals surface area contributed by atoms with Gasteiger partial charge in [0.15, 0.2) is 0 Å². The summed E-state index contributed by atoms with van der Waals surface area (Å²) in [4.78, 5) is 21.9. The van der Waals surface area contributed by atoms with Gasteiger partial charge < -0.3 is 26.4 Å². The van der Waals surface area contributed by atoms with E-state index in [2.05, 4.69) is 15.3 Å². The molecule has 0 radical (unpaired) electrons.